The third kappa shape index (κ3) is 50.6. The lowest BCUT2D eigenvalue weighted by Gasteiger charge is -2.21. The summed E-state index contributed by atoms with van der Waals surface area (Å²) in [5.41, 5.74) is 0. The number of ether oxygens (including phenoxy) is 3. The van der Waals surface area contributed by atoms with Gasteiger partial charge in [-0.25, -0.2) is 4.57 Å². The van der Waals surface area contributed by atoms with Crippen molar-refractivity contribution < 1.29 is 52.2 Å². The average molecular weight is 1010 g/mol. The minimum Gasteiger partial charge on any atom is -0.462 e. The fourth-order valence-electron chi connectivity index (χ4n) is 8.07. The molecule has 70 heavy (non-hydrogen) atoms. The quantitative estimate of drug-likeness (QED) is 0.0197. The molecule has 2 N–H and O–H groups in total. The van der Waals surface area contributed by atoms with Gasteiger partial charge in [0.15, 0.2) is 6.10 Å². The Labute approximate surface area is 429 Å². The van der Waals surface area contributed by atoms with E-state index in [9.17, 15) is 28.9 Å². The van der Waals surface area contributed by atoms with Gasteiger partial charge in [-0.3, -0.25) is 23.4 Å². The van der Waals surface area contributed by atoms with Gasteiger partial charge in [-0.1, -0.05) is 224 Å². The normalized spacial score (nSPS) is 13.6. The second-order valence-corrected chi connectivity index (χ2v) is 20.9. The van der Waals surface area contributed by atoms with E-state index in [1.165, 1.54) is 122 Å². The van der Waals surface area contributed by atoms with Gasteiger partial charge in [0, 0.05) is 19.3 Å². The molecular weight excluding hydrogens is 904 g/mol. The van der Waals surface area contributed by atoms with Crippen LogP contribution in [0, 0.1) is 0 Å². The van der Waals surface area contributed by atoms with Crippen molar-refractivity contribution in [2.75, 3.05) is 26.4 Å². The van der Waals surface area contributed by atoms with Crippen LogP contribution in [-0.2, 0) is 42.2 Å². The second kappa shape index (κ2) is 53.0. The Balaban J connectivity index is 4.72. The Kier molecular flexibility index (Phi) is 51.3. The molecular formula is C58H107O11P. The van der Waals surface area contributed by atoms with Crippen LogP contribution in [0.2, 0.25) is 0 Å². The molecule has 0 aromatic carbocycles. The van der Waals surface area contributed by atoms with Crippen LogP contribution in [0.25, 0.3) is 0 Å². The number of aliphatic hydroxyl groups is 1. The molecule has 0 rings (SSSR count). The highest BCUT2D eigenvalue weighted by molar-refractivity contribution is 7.47. The van der Waals surface area contributed by atoms with Gasteiger partial charge < -0.3 is 24.2 Å². The smallest absolute Gasteiger partial charge is 0.462 e. The molecule has 0 aliphatic carbocycles. The van der Waals surface area contributed by atoms with Crippen molar-refractivity contribution in [3.05, 3.63) is 36.5 Å². The van der Waals surface area contributed by atoms with Crippen LogP contribution >= 0.6 is 7.82 Å². The molecule has 0 aromatic rings. The van der Waals surface area contributed by atoms with E-state index in [0.29, 0.717) is 19.3 Å². The number of rotatable bonds is 54. The number of allylic oxidation sites excluding steroid dienone is 6. The van der Waals surface area contributed by atoms with Crippen LogP contribution in [0.1, 0.15) is 278 Å². The minimum absolute atomic E-state index is 0.162. The molecule has 11 nitrogen and oxygen atoms in total. The maximum absolute atomic E-state index is 12.9. The summed E-state index contributed by atoms with van der Waals surface area (Å²) < 4.78 is 39.5. The van der Waals surface area contributed by atoms with Gasteiger partial charge in [0.25, 0.3) is 0 Å². The molecule has 0 fully saturated rings. The van der Waals surface area contributed by atoms with Crippen molar-refractivity contribution in [3.63, 3.8) is 0 Å². The highest BCUT2D eigenvalue weighted by Crippen LogP contribution is 2.43. The van der Waals surface area contributed by atoms with Gasteiger partial charge in [-0.05, 0) is 70.6 Å². The molecule has 0 saturated carbocycles. The van der Waals surface area contributed by atoms with Crippen LogP contribution in [0.5, 0.6) is 0 Å². The van der Waals surface area contributed by atoms with Gasteiger partial charge in [0.05, 0.1) is 19.8 Å². The maximum atomic E-state index is 12.9. The molecule has 0 amide bonds. The molecule has 0 aliphatic heterocycles. The lowest BCUT2D eigenvalue weighted by atomic mass is 10.0. The van der Waals surface area contributed by atoms with Gasteiger partial charge in [0.1, 0.15) is 12.7 Å². The first-order valence-corrected chi connectivity index (χ1v) is 30.4. The monoisotopic (exact) mass is 1010 g/mol. The summed E-state index contributed by atoms with van der Waals surface area (Å²) in [7, 11) is -4.74. The Morgan fingerprint density at radius 1 is 0.400 bits per heavy atom. The van der Waals surface area contributed by atoms with Gasteiger partial charge >= 0.3 is 25.7 Å². The van der Waals surface area contributed by atoms with E-state index in [2.05, 4.69) is 57.2 Å². The largest absolute Gasteiger partial charge is 0.472 e. The van der Waals surface area contributed by atoms with E-state index in [1.54, 1.807) is 0 Å². The first-order chi connectivity index (χ1) is 34.2. The number of hydrogen-bond acceptors (Lipinski definition) is 10. The third-order valence-corrected chi connectivity index (χ3v) is 13.5. The molecule has 3 unspecified atom stereocenters. The Morgan fingerprint density at radius 2 is 0.714 bits per heavy atom. The molecule has 12 heteroatoms. The Morgan fingerprint density at radius 3 is 1.14 bits per heavy atom. The van der Waals surface area contributed by atoms with Crippen LogP contribution < -0.4 is 0 Å². The number of esters is 3. The molecule has 0 spiro atoms. The second-order valence-electron chi connectivity index (χ2n) is 19.5. The van der Waals surface area contributed by atoms with Crippen molar-refractivity contribution in [1.29, 1.82) is 0 Å². The highest BCUT2D eigenvalue weighted by atomic mass is 31.2. The molecule has 0 aromatic heterocycles. The first-order valence-electron chi connectivity index (χ1n) is 28.9. The molecule has 0 bridgehead atoms. The predicted octanol–water partition coefficient (Wildman–Crippen LogP) is 16.8. The van der Waals surface area contributed by atoms with Crippen LogP contribution in [0.15, 0.2) is 36.5 Å². The number of phosphoric ester groups is 1. The van der Waals surface area contributed by atoms with Crippen LogP contribution in [0.4, 0.5) is 0 Å². The standard InChI is InChI=1S/C58H107O11P/c1-4-7-10-13-16-19-22-24-26-27-29-31-34-37-40-43-46-49-58(62)69-55(51-65-56(60)47-44-41-38-35-33-30-28-25-23-20-17-14-11-8-5-2)53-67-70(63,64)66-52-54(50-59)68-57(61)48-45-42-39-36-32-21-18-15-12-9-6-3/h15-16,18-19,24,26,54-55,59H,4-14,17,20-23,25,27-53H2,1-3H3,(H,63,64)/b18-15-,19-16-,26-24-. The van der Waals surface area contributed by atoms with E-state index < -0.39 is 57.8 Å². The lowest BCUT2D eigenvalue weighted by molar-refractivity contribution is -0.161. The Bertz CT molecular complexity index is 1320. The topological polar surface area (TPSA) is 155 Å². The number of carbonyl (C=O) groups excluding carboxylic acids is 3. The minimum atomic E-state index is -4.74. The summed E-state index contributed by atoms with van der Waals surface area (Å²) in [6.07, 6.45) is 53.9. The maximum Gasteiger partial charge on any atom is 0.472 e. The van der Waals surface area contributed by atoms with Crippen molar-refractivity contribution in [2.45, 2.75) is 290 Å². The van der Waals surface area contributed by atoms with Crippen molar-refractivity contribution in [2.24, 2.45) is 0 Å². The van der Waals surface area contributed by atoms with Crippen molar-refractivity contribution in [1.82, 2.24) is 0 Å². The van der Waals surface area contributed by atoms with Gasteiger partial charge in [0.2, 0.25) is 0 Å². The summed E-state index contributed by atoms with van der Waals surface area (Å²) in [6, 6.07) is 0. The van der Waals surface area contributed by atoms with Crippen molar-refractivity contribution >= 4 is 25.7 Å². The molecule has 0 aliphatic rings. The zero-order valence-corrected chi connectivity index (χ0v) is 46.1. The predicted molar refractivity (Wildman–Crippen MR) is 289 cm³/mol. The SMILES string of the molecule is CCCC/C=C\CCCCCCCC(=O)OC(CO)COP(=O)(O)OCC(COC(=O)CCCCCCCCCCCCCCCCC)OC(=O)CCCCCCCCC/C=C\C/C=C\CCCCC. The summed E-state index contributed by atoms with van der Waals surface area (Å²) in [5, 5.41) is 9.78. The van der Waals surface area contributed by atoms with Crippen LogP contribution in [0.3, 0.4) is 0 Å². The number of hydrogen-bond donors (Lipinski definition) is 2. The van der Waals surface area contributed by atoms with Gasteiger partial charge in [-0.15, -0.1) is 0 Å². The summed E-state index contributed by atoms with van der Waals surface area (Å²) in [6.45, 7) is 4.60. The number of aliphatic hydroxyl groups excluding tert-OH is 1. The summed E-state index contributed by atoms with van der Waals surface area (Å²) in [4.78, 5) is 48.5. The average Bonchev–Trinajstić information content (AvgIpc) is 3.35. The molecule has 0 saturated heterocycles. The van der Waals surface area contributed by atoms with E-state index in [4.69, 9.17) is 23.3 Å². The fraction of sp³-hybridized carbons (Fsp3) is 0.845. The molecule has 0 radical (unpaired) electrons. The van der Waals surface area contributed by atoms with E-state index in [0.717, 1.165) is 96.3 Å². The number of phosphoric acid groups is 1. The van der Waals surface area contributed by atoms with Gasteiger partial charge in [-0.2, -0.15) is 0 Å². The highest BCUT2D eigenvalue weighted by Gasteiger charge is 2.28. The lowest BCUT2D eigenvalue weighted by Crippen LogP contribution is -2.30. The number of unbranched alkanes of at least 4 members (excludes halogenated alkanes) is 31. The van der Waals surface area contributed by atoms with E-state index in [-0.39, 0.29) is 25.9 Å². The Hall–Kier alpha value is -2.30. The van der Waals surface area contributed by atoms with Crippen LogP contribution in [-0.4, -0.2) is 66.5 Å². The zero-order valence-electron chi connectivity index (χ0n) is 45.2. The number of carbonyl (C=O) groups is 3. The fourth-order valence-corrected chi connectivity index (χ4v) is 8.86. The third-order valence-electron chi connectivity index (χ3n) is 12.5. The van der Waals surface area contributed by atoms with Crippen molar-refractivity contribution in [3.8, 4) is 0 Å². The van der Waals surface area contributed by atoms with E-state index in [1.807, 2.05) is 0 Å². The summed E-state index contributed by atoms with van der Waals surface area (Å²) >= 11 is 0. The molecule has 0 heterocycles. The first kappa shape index (κ1) is 67.7. The summed E-state index contributed by atoms with van der Waals surface area (Å²) in [5.74, 6) is -1.46. The molecule has 410 valence electrons. The van der Waals surface area contributed by atoms with E-state index >= 15 is 0 Å². The zero-order chi connectivity index (χ0) is 51.3. The molecule has 3 atom stereocenters.